The van der Waals surface area contributed by atoms with E-state index in [4.69, 9.17) is 99.8 Å². The van der Waals surface area contributed by atoms with Crippen LogP contribution in [-0.2, 0) is 104 Å². The lowest BCUT2D eigenvalue weighted by molar-refractivity contribution is -0.138. The van der Waals surface area contributed by atoms with Gasteiger partial charge in [-0.1, -0.05) is 65.5 Å². The number of amides is 2. The zero-order valence-electron chi connectivity index (χ0n) is 60.9. The Morgan fingerprint density at radius 3 is 1.12 bits per heavy atom. The van der Waals surface area contributed by atoms with Gasteiger partial charge in [0, 0.05) is 25.9 Å². The summed E-state index contributed by atoms with van der Waals surface area (Å²) in [5.74, 6) is 3.61. The first-order valence-electron chi connectivity index (χ1n) is 37.0. The van der Waals surface area contributed by atoms with Crippen LogP contribution in [0.15, 0.2) is 11.6 Å². The maximum Gasteiger partial charge on any atom is 0.407 e. The zero-order valence-corrected chi connectivity index (χ0v) is 60.9. The number of carboxylic acids is 1. The minimum atomic E-state index is -1.00. The fourth-order valence-corrected chi connectivity index (χ4v) is 13.8. The molecular formula is C72H132N2O24. The average molecular weight is 1410 g/mol. The number of nitrogens with one attached hydrogen (secondary N) is 2. The first-order chi connectivity index (χ1) is 47.9. The molecule has 3 saturated carbocycles. The standard InChI is InChI=1S/C72H132N2O24/c1-60(2)7-6-8-61(3)65-11-12-66-64-10-9-62-59-63(15-17-71(62,4)67(64)16-18-72(65,66)5)98-70(78)74-20-22-80-24-26-82-28-30-84-32-34-86-36-38-88-40-42-90-44-46-92-48-50-94-52-54-96-56-58-97-57-55-95-53-51-93-49-47-91-45-43-89-41-39-87-37-35-85-33-31-83-29-27-81-25-23-79-21-19-73-68(75)13-14-69(76)77/h9,60-61,63-67H,6-8,10-59H2,1-5H3,(H,73,75)(H,74,78)(H,76,77). The fourth-order valence-electron chi connectivity index (χ4n) is 13.8. The summed E-state index contributed by atoms with van der Waals surface area (Å²) in [4.78, 5) is 34.6. The predicted octanol–water partition coefficient (Wildman–Crippen LogP) is 7.42. The molecule has 0 radical (unpaired) electrons. The van der Waals surface area contributed by atoms with Crippen molar-refractivity contribution in [2.75, 3.05) is 264 Å². The van der Waals surface area contributed by atoms with Gasteiger partial charge >= 0.3 is 12.1 Å². The second-order valence-corrected chi connectivity index (χ2v) is 26.4. The summed E-state index contributed by atoms with van der Waals surface area (Å²) in [6.07, 6.45) is 15.7. The van der Waals surface area contributed by atoms with Crippen molar-refractivity contribution < 1.29 is 114 Å². The Hall–Kier alpha value is -2.81. The summed E-state index contributed by atoms with van der Waals surface area (Å²) in [6, 6.07) is 0. The number of fused-ring (bicyclic) bond motifs is 5. The Balaban J connectivity index is 0.744. The van der Waals surface area contributed by atoms with E-state index >= 15 is 0 Å². The summed E-state index contributed by atoms with van der Waals surface area (Å²) in [7, 11) is 0. The van der Waals surface area contributed by atoms with Crippen LogP contribution in [0.4, 0.5) is 4.79 Å². The highest BCUT2D eigenvalue weighted by Gasteiger charge is 2.59. The van der Waals surface area contributed by atoms with Crippen molar-refractivity contribution in [2.24, 2.45) is 46.3 Å². The highest BCUT2D eigenvalue weighted by atomic mass is 16.6. The molecule has 0 aliphatic heterocycles. The van der Waals surface area contributed by atoms with Gasteiger partial charge in [0.2, 0.25) is 5.91 Å². The molecule has 0 aromatic rings. The van der Waals surface area contributed by atoms with Gasteiger partial charge in [-0.2, -0.15) is 0 Å². The third kappa shape index (κ3) is 41.5. The molecule has 4 aliphatic rings. The topological polar surface area (TPSA) is 280 Å². The number of hydrogen-bond donors (Lipinski definition) is 3. The molecule has 0 aromatic carbocycles. The maximum absolute atomic E-state index is 12.8. The number of carboxylic acid groups (broad SMARTS) is 1. The van der Waals surface area contributed by atoms with E-state index in [1.54, 1.807) is 5.57 Å². The Morgan fingerprint density at radius 2 is 0.776 bits per heavy atom. The van der Waals surface area contributed by atoms with Gasteiger partial charge in [-0.05, 0) is 91.3 Å². The molecular weight excluding hydrogens is 1280 g/mol. The van der Waals surface area contributed by atoms with E-state index in [9.17, 15) is 14.4 Å². The monoisotopic (exact) mass is 1410 g/mol. The lowest BCUT2D eigenvalue weighted by Crippen LogP contribution is -2.51. The minimum absolute atomic E-state index is 0.0422. The van der Waals surface area contributed by atoms with Gasteiger partial charge < -0.3 is 110 Å². The molecule has 4 rings (SSSR count). The van der Waals surface area contributed by atoms with E-state index in [0.29, 0.717) is 270 Å². The van der Waals surface area contributed by atoms with E-state index in [2.05, 4.69) is 51.3 Å². The Labute approximate surface area is 587 Å². The van der Waals surface area contributed by atoms with Crippen LogP contribution in [0.5, 0.6) is 0 Å². The van der Waals surface area contributed by atoms with Crippen molar-refractivity contribution in [1.82, 2.24) is 10.6 Å². The number of aliphatic carboxylic acids is 1. The number of allylic oxidation sites excluding steroid dienone is 1. The predicted molar refractivity (Wildman–Crippen MR) is 367 cm³/mol. The molecule has 3 fully saturated rings. The van der Waals surface area contributed by atoms with E-state index < -0.39 is 5.97 Å². The van der Waals surface area contributed by atoms with Gasteiger partial charge in [0.15, 0.2) is 0 Å². The second-order valence-electron chi connectivity index (χ2n) is 26.4. The van der Waals surface area contributed by atoms with Crippen LogP contribution in [0.25, 0.3) is 0 Å². The number of rotatable bonds is 69. The Bertz CT molecular complexity index is 1970. The minimum Gasteiger partial charge on any atom is -0.481 e. The largest absolute Gasteiger partial charge is 0.481 e. The molecule has 4 aliphatic carbocycles. The van der Waals surface area contributed by atoms with Gasteiger partial charge in [0.25, 0.3) is 0 Å². The molecule has 8 unspecified atom stereocenters. The first-order valence-corrected chi connectivity index (χ1v) is 37.0. The van der Waals surface area contributed by atoms with Crippen LogP contribution in [0.1, 0.15) is 118 Å². The Kier molecular flexibility index (Phi) is 52.3. The molecule has 0 aromatic heterocycles. The van der Waals surface area contributed by atoms with Gasteiger partial charge in [-0.15, -0.1) is 0 Å². The van der Waals surface area contributed by atoms with Crippen molar-refractivity contribution in [3.63, 3.8) is 0 Å². The van der Waals surface area contributed by atoms with Gasteiger partial charge in [0.05, 0.1) is 257 Å². The highest BCUT2D eigenvalue weighted by Crippen LogP contribution is 2.67. The van der Waals surface area contributed by atoms with Crippen LogP contribution in [0.2, 0.25) is 0 Å². The lowest BCUT2D eigenvalue weighted by Gasteiger charge is -2.58. The quantitative estimate of drug-likeness (QED) is 0.0394. The zero-order chi connectivity index (χ0) is 70.1. The van der Waals surface area contributed by atoms with Crippen molar-refractivity contribution >= 4 is 18.0 Å². The number of alkyl carbamates (subject to hydrolysis) is 1. The molecule has 574 valence electrons. The van der Waals surface area contributed by atoms with Crippen LogP contribution < -0.4 is 10.6 Å². The number of carbonyl (C=O) groups excluding carboxylic acids is 2. The number of carbonyl (C=O) groups is 3. The summed E-state index contributed by atoms with van der Waals surface area (Å²) in [6.45, 7) is 30.7. The molecule has 26 nitrogen and oxygen atoms in total. The van der Waals surface area contributed by atoms with Crippen LogP contribution in [0.3, 0.4) is 0 Å². The number of hydrogen-bond acceptors (Lipinski definition) is 23. The lowest BCUT2D eigenvalue weighted by atomic mass is 9.47. The normalized spacial score (nSPS) is 21.6. The SMILES string of the molecule is CC(C)CCCC(C)C1CCC2C3CC=C4CC(OC(=O)NCCOCCOCCOCCOCCOCCOCCOCCOCCOCCOCCOCCOCCOCCOCCOCCOCCOCCOCCOCCNC(=O)CCC(=O)O)CCC4(C)C3CCC12C. The third-order valence-electron chi connectivity index (χ3n) is 18.9. The Morgan fingerprint density at radius 1 is 0.429 bits per heavy atom. The molecule has 0 saturated heterocycles. The van der Waals surface area contributed by atoms with Gasteiger partial charge in [-0.3, -0.25) is 9.59 Å². The number of ether oxygens (including phenoxy) is 20. The summed E-state index contributed by atoms with van der Waals surface area (Å²) in [5.41, 5.74) is 2.28. The van der Waals surface area contributed by atoms with E-state index in [-0.39, 0.29) is 36.4 Å². The van der Waals surface area contributed by atoms with Gasteiger partial charge in [-0.25, -0.2) is 4.79 Å². The van der Waals surface area contributed by atoms with Crippen molar-refractivity contribution in [2.45, 2.75) is 124 Å². The second kappa shape index (κ2) is 58.6. The highest BCUT2D eigenvalue weighted by molar-refractivity contribution is 5.80. The van der Waals surface area contributed by atoms with Crippen molar-refractivity contribution in [3.8, 4) is 0 Å². The summed E-state index contributed by atoms with van der Waals surface area (Å²) in [5, 5.41) is 14.0. The van der Waals surface area contributed by atoms with Gasteiger partial charge in [0.1, 0.15) is 6.10 Å². The van der Waals surface area contributed by atoms with E-state index in [0.717, 1.165) is 54.8 Å². The molecule has 0 bridgehead atoms. The average Bonchev–Trinajstić information content (AvgIpc) is 1.38. The van der Waals surface area contributed by atoms with E-state index in [1.165, 1.54) is 51.4 Å². The van der Waals surface area contributed by atoms with E-state index in [1.807, 2.05) is 0 Å². The molecule has 3 N–H and O–H groups in total. The first kappa shape index (κ1) is 87.6. The van der Waals surface area contributed by atoms with Crippen LogP contribution in [0, 0.1) is 46.3 Å². The molecule has 0 heterocycles. The summed E-state index contributed by atoms with van der Waals surface area (Å²) >= 11 is 0. The third-order valence-corrected chi connectivity index (χ3v) is 18.9. The summed E-state index contributed by atoms with van der Waals surface area (Å²) < 4.78 is 111. The van der Waals surface area contributed by atoms with Crippen molar-refractivity contribution in [1.29, 1.82) is 0 Å². The van der Waals surface area contributed by atoms with Crippen LogP contribution in [-0.4, -0.2) is 293 Å². The molecule has 0 spiro atoms. The molecule has 26 heteroatoms. The molecule has 98 heavy (non-hydrogen) atoms. The maximum atomic E-state index is 12.8. The fraction of sp³-hybridized carbons (Fsp3) is 0.931. The molecule has 2 amide bonds. The van der Waals surface area contributed by atoms with Crippen LogP contribution >= 0.6 is 0 Å². The molecule has 8 atom stereocenters. The van der Waals surface area contributed by atoms with Crippen molar-refractivity contribution in [3.05, 3.63) is 11.6 Å². The smallest absolute Gasteiger partial charge is 0.407 e.